The molecule has 0 aliphatic heterocycles. The highest BCUT2D eigenvalue weighted by Crippen LogP contribution is 2.32. The molecule has 86 valence electrons. The molecule has 0 radical (unpaired) electrons. The van der Waals surface area contributed by atoms with Crippen molar-refractivity contribution in [2.45, 2.75) is 9.79 Å². The molecule has 0 atom stereocenters. The van der Waals surface area contributed by atoms with Gasteiger partial charge in [0.05, 0.1) is 0 Å². The topological polar surface area (TPSA) is 17.1 Å². The summed E-state index contributed by atoms with van der Waals surface area (Å²) in [6.45, 7) is 0. The lowest BCUT2D eigenvalue weighted by Crippen LogP contribution is -1.86. The molecule has 0 heterocycles. The van der Waals surface area contributed by atoms with Crippen molar-refractivity contribution in [1.82, 2.24) is 0 Å². The molecule has 0 unspecified atom stereocenters. The largest absolute Gasteiger partial charge is 0.298 e. The van der Waals surface area contributed by atoms with Gasteiger partial charge < -0.3 is 0 Å². The van der Waals surface area contributed by atoms with Crippen LogP contribution < -0.4 is 0 Å². The van der Waals surface area contributed by atoms with Crippen LogP contribution in [0.25, 0.3) is 0 Å². The molecule has 2 rings (SSSR count). The minimum absolute atomic E-state index is 0.357. The average Bonchev–Trinajstić information content (AvgIpc) is 2.33. The van der Waals surface area contributed by atoms with Crippen molar-refractivity contribution in [3.63, 3.8) is 0 Å². The van der Waals surface area contributed by atoms with Crippen LogP contribution in [0.5, 0.6) is 0 Å². The van der Waals surface area contributed by atoms with E-state index >= 15 is 0 Å². The third-order valence-corrected chi connectivity index (χ3v) is 3.54. The lowest BCUT2D eigenvalue weighted by Gasteiger charge is -2.05. The Hall–Kier alpha value is -1.32. The van der Waals surface area contributed by atoms with Crippen molar-refractivity contribution < 1.29 is 9.18 Å². The fourth-order valence-corrected chi connectivity index (χ4v) is 2.42. The van der Waals surface area contributed by atoms with E-state index in [1.54, 1.807) is 30.3 Å². The first-order valence-corrected chi connectivity index (χ1v) is 6.07. The van der Waals surface area contributed by atoms with E-state index < -0.39 is 0 Å². The SMILES string of the molecule is O=Cc1ccccc1Sc1ccc(Cl)cc1F. The van der Waals surface area contributed by atoms with Crippen LogP contribution in [0.4, 0.5) is 4.39 Å². The van der Waals surface area contributed by atoms with Gasteiger partial charge in [-0.25, -0.2) is 4.39 Å². The van der Waals surface area contributed by atoms with E-state index in [9.17, 15) is 9.18 Å². The number of aldehydes is 1. The molecular formula is C13H8ClFOS. The normalized spacial score (nSPS) is 10.2. The van der Waals surface area contributed by atoms with E-state index in [0.29, 0.717) is 15.5 Å². The maximum Gasteiger partial charge on any atom is 0.151 e. The first-order valence-electron chi connectivity index (χ1n) is 4.88. The molecule has 0 aliphatic rings. The fraction of sp³-hybridized carbons (Fsp3) is 0. The summed E-state index contributed by atoms with van der Waals surface area (Å²) in [4.78, 5) is 12.0. The van der Waals surface area contributed by atoms with Gasteiger partial charge in [-0.15, -0.1) is 0 Å². The van der Waals surface area contributed by atoms with Crippen LogP contribution >= 0.6 is 23.4 Å². The molecule has 0 bridgehead atoms. The highest BCUT2D eigenvalue weighted by molar-refractivity contribution is 7.99. The number of hydrogen-bond donors (Lipinski definition) is 0. The number of halogens is 2. The fourth-order valence-electron chi connectivity index (χ4n) is 1.35. The van der Waals surface area contributed by atoms with Gasteiger partial charge in [-0.2, -0.15) is 0 Å². The van der Waals surface area contributed by atoms with Crippen LogP contribution in [0.2, 0.25) is 5.02 Å². The quantitative estimate of drug-likeness (QED) is 0.764. The summed E-state index contributed by atoms with van der Waals surface area (Å²) in [7, 11) is 0. The van der Waals surface area contributed by atoms with Crippen molar-refractivity contribution in [2.75, 3.05) is 0 Å². The van der Waals surface area contributed by atoms with Gasteiger partial charge in [0.2, 0.25) is 0 Å². The highest BCUT2D eigenvalue weighted by Gasteiger charge is 2.07. The van der Waals surface area contributed by atoms with Gasteiger partial charge in [0.1, 0.15) is 5.82 Å². The van der Waals surface area contributed by atoms with Gasteiger partial charge >= 0.3 is 0 Å². The lowest BCUT2D eigenvalue weighted by atomic mass is 10.2. The van der Waals surface area contributed by atoms with Crippen molar-refractivity contribution in [1.29, 1.82) is 0 Å². The summed E-state index contributed by atoms with van der Waals surface area (Å²) in [5.41, 5.74) is 0.548. The van der Waals surface area contributed by atoms with Crippen LogP contribution in [0.1, 0.15) is 10.4 Å². The zero-order valence-corrected chi connectivity index (χ0v) is 10.3. The summed E-state index contributed by atoms with van der Waals surface area (Å²) >= 11 is 6.88. The van der Waals surface area contributed by atoms with Crippen LogP contribution in [-0.2, 0) is 0 Å². The second-order valence-electron chi connectivity index (χ2n) is 3.33. The van der Waals surface area contributed by atoms with Gasteiger partial charge in [-0.1, -0.05) is 41.6 Å². The molecule has 0 saturated carbocycles. The van der Waals surface area contributed by atoms with E-state index in [0.717, 1.165) is 11.2 Å². The van der Waals surface area contributed by atoms with E-state index in [1.165, 1.54) is 17.8 Å². The summed E-state index contributed by atoms with van der Waals surface area (Å²) in [5.74, 6) is -0.386. The number of carbonyl (C=O) groups is 1. The van der Waals surface area contributed by atoms with Gasteiger partial charge in [-0.05, 0) is 24.3 Å². The second kappa shape index (κ2) is 5.34. The van der Waals surface area contributed by atoms with Crippen LogP contribution in [0.3, 0.4) is 0 Å². The molecule has 0 amide bonds. The van der Waals surface area contributed by atoms with E-state index in [-0.39, 0.29) is 5.82 Å². The zero-order chi connectivity index (χ0) is 12.3. The number of carbonyl (C=O) groups excluding carboxylic acids is 1. The van der Waals surface area contributed by atoms with Crippen molar-refractivity contribution >= 4 is 29.6 Å². The van der Waals surface area contributed by atoms with Gasteiger partial charge in [0.25, 0.3) is 0 Å². The van der Waals surface area contributed by atoms with Crippen molar-refractivity contribution in [3.8, 4) is 0 Å². The molecule has 2 aromatic rings. The van der Waals surface area contributed by atoms with Crippen molar-refractivity contribution in [3.05, 3.63) is 58.9 Å². The van der Waals surface area contributed by atoms with E-state index in [1.807, 2.05) is 6.07 Å². The van der Waals surface area contributed by atoms with Gasteiger partial charge in [0, 0.05) is 20.4 Å². The standard InChI is InChI=1S/C13H8ClFOS/c14-10-5-6-13(11(15)7-10)17-12-4-2-1-3-9(12)8-16/h1-8H. The Bertz CT molecular complexity index is 557. The summed E-state index contributed by atoms with van der Waals surface area (Å²) in [5, 5.41) is 0.357. The van der Waals surface area contributed by atoms with Crippen LogP contribution in [-0.4, -0.2) is 6.29 Å². The van der Waals surface area contributed by atoms with Crippen molar-refractivity contribution in [2.24, 2.45) is 0 Å². The first-order chi connectivity index (χ1) is 8.20. The highest BCUT2D eigenvalue weighted by atomic mass is 35.5. The Kier molecular flexibility index (Phi) is 3.82. The Morgan fingerprint density at radius 3 is 2.59 bits per heavy atom. The molecule has 0 spiro atoms. The zero-order valence-electron chi connectivity index (χ0n) is 8.69. The summed E-state index contributed by atoms with van der Waals surface area (Å²) < 4.78 is 13.6. The number of benzene rings is 2. The Balaban J connectivity index is 2.34. The maximum atomic E-state index is 13.6. The molecule has 0 N–H and O–H groups in total. The molecule has 1 nitrogen and oxygen atoms in total. The van der Waals surface area contributed by atoms with Crippen LogP contribution in [0.15, 0.2) is 52.3 Å². The molecular weight excluding hydrogens is 259 g/mol. The number of rotatable bonds is 3. The monoisotopic (exact) mass is 266 g/mol. The summed E-state index contributed by atoms with van der Waals surface area (Å²) in [6.07, 6.45) is 0.760. The van der Waals surface area contributed by atoms with Gasteiger partial charge in [0.15, 0.2) is 6.29 Å². The molecule has 4 heteroatoms. The molecule has 0 aromatic heterocycles. The lowest BCUT2D eigenvalue weighted by molar-refractivity contribution is 0.112. The summed E-state index contributed by atoms with van der Waals surface area (Å²) in [6, 6.07) is 11.5. The first kappa shape index (κ1) is 12.1. The third-order valence-electron chi connectivity index (χ3n) is 2.16. The molecule has 17 heavy (non-hydrogen) atoms. The minimum atomic E-state index is -0.386. The minimum Gasteiger partial charge on any atom is -0.298 e. The smallest absolute Gasteiger partial charge is 0.151 e. The molecule has 0 fully saturated rings. The third kappa shape index (κ3) is 2.87. The molecule has 0 aliphatic carbocycles. The molecule has 0 saturated heterocycles. The van der Waals surface area contributed by atoms with Gasteiger partial charge in [-0.3, -0.25) is 4.79 Å². The second-order valence-corrected chi connectivity index (χ2v) is 4.85. The van der Waals surface area contributed by atoms with E-state index in [4.69, 9.17) is 11.6 Å². The Morgan fingerprint density at radius 1 is 1.12 bits per heavy atom. The number of hydrogen-bond acceptors (Lipinski definition) is 2. The maximum absolute atomic E-state index is 13.6. The Labute approximate surface area is 108 Å². The average molecular weight is 267 g/mol. The predicted molar refractivity (Wildman–Crippen MR) is 67.4 cm³/mol. The van der Waals surface area contributed by atoms with E-state index in [2.05, 4.69) is 0 Å². The van der Waals surface area contributed by atoms with Crippen LogP contribution in [0, 0.1) is 5.82 Å². The predicted octanol–water partition coefficient (Wildman–Crippen LogP) is 4.44. The Morgan fingerprint density at radius 2 is 1.88 bits per heavy atom. The molecule has 2 aromatic carbocycles.